The Kier molecular flexibility index (Phi) is 20.8. The van der Waals surface area contributed by atoms with E-state index in [1.807, 2.05) is 0 Å². The molecule has 0 aliphatic heterocycles. The summed E-state index contributed by atoms with van der Waals surface area (Å²) < 4.78 is 14.1. The summed E-state index contributed by atoms with van der Waals surface area (Å²) in [5.74, 6) is -0.856. The maximum atomic E-state index is 12.3. The Morgan fingerprint density at radius 2 is 0.886 bits per heavy atom. The fraction of sp³-hybridized carbons (Fsp3) is 0.815. The average Bonchev–Trinajstić information content (AvgIpc) is 2.86. The van der Waals surface area contributed by atoms with Crippen LogP contribution < -0.4 is 0 Å². The predicted octanol–water partition coefficient (Wildman–Crippen LogP) is 5.28. The van der Waals surface area contributed by atoms with E-state index < -0.39 is 5.92 Å². The van der Waals surface area contributed by atoms with Gasteiger partial charge < -0.3 is 14.2 Å². The monoisotopic (exact) mass is 498 g/mol. The van der Waals surface area contributed by atoms with E-state index in [9.17, 15) is 24.0 Å². The third-order valence-corrected chi connectivity index (χ3v) is 6.15. The van der Waals surface area contributed by atoms with Crippen LogP contribution in [0.1, 0.15) is 116 Å². The third-order valence-electron chi connectivity index (χ3n) is 6.15. The number of hydrogen-bond donors (Lipinski definition) is 0. The summed E-state index contributed by atoms with van der Waals surface area (Å²) in [4.78, 5) is 58.5. The minimum absolute atomic E-state index is 0.0649. The van der Waals surface area contributed by atoms with Gasteiger partial charge in [-0.1, -0.05) is 38.5 Å². The van der Waals surface area contributed by atoms with Crippen molar-refractivity contribution in [3.05, 3.63) is 0 Å². The molecule has 0 saturated carbocycles. The molecule has 0 fully saturated rings. The van der Waals surface area contributed by atoms with Crippen LogP contribution in [-0.4, -0.2) is 50.8 Å². The van der Waals surface area contributed by atoms with Gasteiger partial charge in [-0.3, -0.25) is 24.0 Å². The molecule has 0 heterocycles. The van der Waals surface area contributed by atoms with Crippen molar-refractivity contribution in [2.45, 2.75) is 116 Å². The first-order valence-corrected chi connectivity index (χ1v) is 13.1. The summed E-state index contributed by atoms with van der Waals surface area (Å²) in [5, 5.41) is 0. The first kappa shape index (κ1) is 32.8. The number of carbonyl (C=O) groups is 5. The maximum absolute atomic E-state index is 12.3. The van der Waals surface area contributed by atoms with E-state index in [0.717, 1.165) is 70.6 Å². The number of ketones is 2. The molecule has 0 aromatic carbocycles. The molecule has 202 valence electrons. The van der Waals surface area contributed by atoms with Crippen LogP contribution in [0.25, 0.3) is 0 Å². The average molecular weight is 499 g/mol. The highest BCUT2D eigenvalue weighted by molar-refractivity contribution is 5.84. The second-order valence-corrected chi connectivity index (χ2v) is 9.08. The molecular weight excluding hydrogens is 452 g/mol. The highest BCUT2D eigenvalue weighted by atomic mass is 16.5. The van der Waals surface area contributed by atoms with E-state index in [1.54, 1.807) is 0 Å². The number of ether oxygens (including phenoxy) is 3. The predicted molar refractivity (Wildman–Crippen MR) is 133 cm³/mol. The zero-order chi connectivity index (χ0) is 26.3. The lowest BCUT2D eigenvalue weighted by atomic mass is 9.93. The van der Waals surface area contributed by atoms with Gasteiger partial charge in [0.2, 0.25) is 0 Å². The molecule has 1 atom stereocenters. The van der Waals surface area contributed by atoms with Gasteiger partial charge in [-0.2, -0.15) is 0 Å². The molecule has 0 aromatic heterocycles. The van der Waals surface area contributed by atoms with Crippen LogP contribution in [0.2, 0.25) is 0 Å². The zero-order valence-corrected chi connectivity index (χ0v) is 22.1. The summed E-state index contributed by atoms with van der Waals surface area (Å²) in [6, 6.07) is 0. The van der Waals surface area contributed by atoms with Crippen LogP contribution in [-0.2, 0) is 38.2 Å². The van der Waals surface area contributed by atoms with Crippen LogP contribution in [0.3, 0.4) is 0 Å². The van der Waals surface area contributed by atoms with Crippen molar-refractivity contribution in [3.8, 4) is 0 Å². The Bertz CT molecular complexity index is 629. The Morgan fingerprint density at radius 3 is 1.31 bits per heavy atom. The van der Waals surface area contributed by atoms with E-state index in [0.29, 0.717) is 38.5 Å². The van der Waals surface area contributed by atoms with Crippen molar-refractivity contribution in [1.29, 1.82) is 0 Å². The summed E-state index contributed by atoms with van der Waals surface area (Å²) >= 11 is 0. The van der Waals surface area contributed by atoms with E-state index in [-0.39, 0.29) is 35.9 Å². The van der Waals surface area contributed by atoms with E-state index in [4.69, 9.17) is 4.74 Å². The van der Waals surface area contributed by atoms with Gasteiger partial charge in [0, 0.05) is 38.5 Å². The molecule has 0 radical (unpaired) electrons. The molecule has 0 aliphatic carbocycles. The molecule has 0 spiro atoms. The fourth-order valence-electron chi connectivity index (χ4n) is 3.96. The minimum atomic E-state index is -0.424. The van der Waals surface area contributed by atoms with Gasteiger partial charge in [0.15, 0.2) is 0 Å². The molecule has 0 bridgehead atoms. The van der Waals surface area contributed by atoms with E-state index in [1.165, 1.54) is 21.3 Å². The first-order valence-electron chi connectivity index (χ1n) is 13.1. The molecule has 35 heavy (non-hydrogen) atoms. The molecule has 0 amide bonds. The molecule has 0 aromatic rings. The first-order chi connectivity index (χ1) is 16.8. The summed E-state index contributed by atoms with van der Waals surface area (Å²) in [6.07, 6.45) is 12.3. The molecule has 0 aliphatic rings. The van der Waals surface area contributed by atoms with Gasteiger partial charge in [-0.15, -0.1) is 0 Å². The van der Waals surface area contributed by atoms with E-state index >= 15 is 0 Å². The normalized spacial score (nSPS) is 11.5. The Labute approximate surface area is 210 Å². The lowest BCUT2D eigenvalue weighted by Crippen LogP contribution is -2.20. The Morgan fingerprint density at radius 1 is 0.486 bits per heavy atom. The van der Waals surface area contributed by atoms with Gasteiger partial charge in [0.05, 0.1) is 27.2 Å². The third kappa shape index (κ3) is 19.7. The maximum Gasteiger partial charge on any atom is 0.309 e. The smallest absolute Gasteiger partial charge is 0.309 e. The lowest BCUT2D eigenvalue weighted by Gasteiger charge is -2.14. The van der Waals surface area contributed by atoms with Gasteiger partial charge in [-0.05, 0) is 38.5 Å². The zero-order valence-electron chi connectivity index (χ0n) is 22.1. The van der Waals surface area contributed by atoms with Crippen molar-refractivity contribution in [1.82, 2.24) is 0 Å². The van der Waals surface area contributed by atoms with Crippen molar-refractivity contribution >= 4 is 29.5 Å². The second kappa shape index (κ2) is 22.2. The van der Waals surface area contributed by atoms with Gasteiger partial charge in [0.1, 0.15) is 11.6 Å². The van der Waals surface area contributed by atoms with Gasteiger partial charge in [0.25, 0.3) is 0 Å². The summed E-state index contributed by atoms with van der Waals surface area (Å²) in [6.45, 7) is 0. The van der Waals surface area contributed by atoms with Crippen LogP contribution in [0.15, 0.2) is 0 Å². The SMILES string of the molecule is COC(=O)CCCCCCC(=O)CCCCCC(CC(=O)CCCCCCC(=O)OC)C(=O)OC. The fourth-order valence-corrected chi connectivity index (χ4v) is 3.96. The topological polar surface area (TPSA) is 113 Å². The van der Waals surface area contributed by atoms with Crippen LogP contribution in [0, 0.1) is 5.92 Å². The Hall–Kier alpha value is -2.25. The van der Waals surface area contributed by atoms with Crippen molar-refractivity contribution in [2.24, 2.45) is 5.92 Å². The molecular formula is C27H46O8. The largest absolute Gasteiger partial charge is 0.469 e. The molecule has 0 rings (SSSR count). The summed E-state index contributed by atoms with van der Waals surface area (Å²) in [5.41, 5.74) is 0. The highest BCUT2D eigenvalue weighted by Gasteiger charge is 2.22. The number of methoxy groups -OCH3 is 3. The number of Topliss-reactive ketones (excluding diaryl/α,β-unsaturated/α-hetero) is 2. The Balaban J connectivity index is 3.93. The quantitative estimate of drug-likeness (QED) is 0.106. The molecule has 0 saturated heterocycles. The van der Waals surface area contributed by atoms with Crippen molar-refractivity contribution in [2.75, 3.05) is 21.3 Å². The van der Waals surface area contributed by atoms with Crippen molar-refractivity contribution < 1.29 is 38.2 Å². The van der Waals surface area contributed by atoms with Gasteiger partial charge in [-0.25, -0.2) is 0 Å². The van der Waals surface area contributed by atoms with E-state index in [2.05, 4.69) is 9.47 Å². The minimum Gasteiger partial charge on any atom is -0.469 e. The van der Waals surface area contributed by atoms with Crippen LogP contribution in [0.5, 0.6) is 0 Å². The van der Waals surface area contributed by atoms with Crippen LogP contribution >= 0.6 is 0 Å². The summed E-state index contributed by atoms with van der Waals surface area (Å²) in [7, 11) is 4.10. The van der Waals surface area contributed by atoms with Crippen LogP contribution in [0.4, 0.5) is 0 Å². The molecule has 1 unspecified atom stereocenters. The number of rotatable bonds is 23. The number of unbranched alkanes of at least 4 members (excludes halogenated alkanes) is 8. The second-order valence-electron chi connectivity index (χ2n) is 9.08. The van der Waals surface area contributed by atoms with Gasteiger partial charge >= 0.3 is 17.9 Å². The number of esters is 3. The van der Waals surface area contributed by atoms with Crippen molar-refractivity contribution in [3.63, 3.8) is 0 Å². The number of carbonyl (C=O) groups excluding carboxylic acids is 5. The highest BCUT2D eigenvalue weighted by Crippen LogP contribution is 2.19. The standard InChI is InChI=1S/C27H46O8/c1-33-25(30)19-13-6-4-10-16-23(28)17-12-8-9-15-22(27(32)35-3)21-24(29)18-11-5-7-14-20-26(31)34-2/h22H,4-21H2,1-3H3. The molecule has 8 heteroatoms. The molecule has 0 N–H and O–H groups in total. The number of hydrogen-bond acceptors (Lipinski definition) is 8. The molecule has 8 nitrogen and oxygen atoms in total. The lowest BCUT2D eigenvalue weighted by molar-refractivity contribution is -0.147.